The molecule has 1 aliphatic heterocycles. The number of H-pyrrole nitrogens is 1. The fourth-order valence-electron chi connectivity index (χ4n) is 4.60. The lowest BCUT2D eigenvalue weighted by molar-refractivity contribution is -0.118. The standard InChI is InChI=1S/C21H22N4O/c1-12-17-19(25-24-12)23-15-9-20(2,3)10-16(26)18(15)21(17,4)14-7-5-6-13(8-14)11-22/h5-8H,9-10H2,1-4H3,(H2,23,24,25)/t21-/m0/s1. The van der Waals surface area contributed by atoms with Gasteiger partial charge in [0.25, 0.3) is 0 Å². The first-order valence-electron chi connectivity index (χ1n) is 8.86. The van der Waals surface area contributed by atoms with Crippen LogP contribution in [-0.4, -0.2) is 16.0 Å². The van der Waals surface area contributed by atoms with Crippen LogP contribution in [0.15, 0.2) is 35.5 Å². The van der Waals surface area contributed by atoms with Gasteiger partial charge in [0.05, 0.1) is 17.0 Å². The molecule has 0 spiro atoms. The second kappa shape index (κ2) is 5.31. The molecule has 1 aromatic carbocycles. The first kappa shape index (κ1) is 16.6. The van der Waals surface area contributed by atoms with E-state index in [1.54, 1.807) is 6.07 Å². The second-order valence-electron chi connectivity index (χ2n) is 8.31. The average Bonchev–Trinajstić information content (AvgIpc) is 2.94. The molecule has 1 atom stereocenters. The van der Waals surface area contributed by atoms with E-state index in [1.807, 2.05) is 25.1 Å². The Morgan fingerprint density at radius 2 is 2.00 bits per heavy atom. The van der Waals surface area contributed by atoms with Crippen LogP contribution in [0, 0.1) is 23.7 Å². The average molecular weight is 346 g/mol. The largest absolute Gasteiger partial charge is 0.342 e. The molecule has 2 aromatic rings. The maximum atomic E-state index is 13.2. The lowest BCUT2D eigenvalue weighted by Gasteiger charge is -2.43. The smallest absolute Gasteiger partial charge is 0.162 e. The van der Waals surface area contributed by atoms with Gasteiger partial charge in [0.15, 0.2) is 11.6 Å². The summed E-state index contributed by atoms with van der Waals surface area (Å²) in [6.45, 7) is 8.30. The van der Waals surface area contributed by atoms with Crippen LogP contribution >= 0.6 is 0 Å². The molecule has 2 N–H and O–H groups in total. The summed E-state index contributed by atoms with van der Waals surface area (Å²) in [6.07, 6.45) is 1.32. The summed E-state index contributed by atoms with van der Waals surface area (Å²) < 4.78 is 0. The molecule has 0 radical (unpaired) electrons. The first-order chi connectivity index (χ1) is 12.3. The molecule has 0 saturated carbocycles. The van der Waals surface area contributed by atoms with Gasteiger partial charge in [-0.25, -0.2) is 0 Å². The van der Waals surface area contributed by atoms with Gasteiger partial charge in [-0.15, -0.1) is 0 Å². The Hall–Kier alpha value is -2.87. The molecule has 1 aliphatic carbocycles. The molecule has 0 saturated heterocycles. The third-order valence-corrected chi connectivity index (χ3v) is 5.66. The second-order valence-corrected chi connectivity index (χ2v) is 8.31. The van der Waals surface area contributed by atoms with Crippen LogP contribution in [0.25, 0.3) is 0 Å². The lowest BCUT2D eigenvalue weighted by Crippen LogP contribution is -2.42. The Morgan fingerprint density at radius 1 is 1.23 bits per heavy atom. The highest BCUT2D eigenvalue weighted by Gasteiger charge is 2.49. The van der Waals surface area contributed by atoms with Crippen LogP contribution < -0.4 is 5.32 Å². The molecular formula is C21H22N4O. The summed E-state index contributed by atoms with van der Waals surface area (Å²) >= 11 is 0. The van der Waals surface area contributed by atoms with Crippen LogP contribution in [0.3, 0.4) is 0 Å². The van der Waals surface area contributed by atoms with Crippen molar-refractivity contribution < 1.29 is 4.79 Å². The van der Waals surface area contributed by atoms with E-state index in [2.05, 4.69) is 42.4 Å². The topological polar surface area (TPSA) is 81.6 Å². The highest BCUT2D eigenvalue weighted by Crippen LogP contribution is 2.52. The number of nitriles is 1. The number of anilines is 1. The monoisotopic (exact) mass is 346 g/mol. The molecule has 0 unspecified atom stereocenters. The predicted molar refractivity (Wildman–Crippen MR) is 99.6 cm³/mol. The number of aryl methyl sites for hydroxylation is 1. The Kier molecular flexibility index (Phi) is 3.39. The lowest BCUT2D eigenvalue weighted by atomic mass is 9.61. The fourth-order valence-corrected chi connectivity index (χ4v) is 4.60. The predicted octanol–water partition coefficient (Wildman–Crippen LogP) is 3.96. The van der Waals surface area contributed by atoms with Crippen molar-refractivity contribution in [2.75, 3.05) is 5.32 Å². The van der Waals surface area contributed by atoms with E-state index in [9.17, 15) is 10.1 Å². The van der Waals surface area contributed by atoms with Crippen molar-refractivity contribution in [3.63, 3.8) is 0 Å². The van der Waals surface area contributed by atoms with Gasteiger partial charge in [0.2, 0.25) is 0 Å². The van der Waals surface area contributed by atoms with E-state index >= 15 is 0 Å². The molecule has 2 heterocycles. The molecule has 0 amide bonds. The van der Waals surface area contributed by atoms with E-state index in [-0.39, 0.29) is 11.2 Å². The first-order valence-corrected chi connectivity index (χ1v) is 8.86. The number of hydrogen-bond donors (Lipinski definition) is 2. The van der Waals surface area contributed by atoms with Crippen LogP contribution in [0.1, 0.15) is 56.0 Å². The van der Waals surface area contributed by atoms with Crippen molar-refractivity contribution in [1.29, 1.82) is 5.26 Å². The SMILES string of the molecule is Cc1[nH]nc2c1[C@](C)(c1cccc(C#N)c1)C1=C(CC(C)(C)CC1=O)N2. The Labute approximate surface area is 153 Å². The number of aromatic amines is 1. The zero-order chi connectivity index (χ0) is 18.7. The summed E-state index contributed by atoms with van der Waals surface area (Å²) in [4.78, 5) is 13.2. The van der Waals surface area contributed by atoms with Crippen LogP contribution in [0.2, 0.25) is 0 Å². The van der Waals surface area contributed by atoms with Crippen LogP contribution in [0.4, 0.5) is 5.82 Å². The number of hydrogen-bond acceptors (Lipinski definition) is 4. The molecule has 2 aliphatic rings. The Morgan fingerprint density at radius 3 is 2.73 bits per heavy atom. The van der Waals surface area contributed by atoms with Crippen molar-refractivity contribution in [2.24, 2.45) is 5.41 Å². The molecule has 5 nitrogen and oxygen atoms in total. The highest BCUT2D eigenvalue weighted by atomic mass is 16.1. The number of ketones is 1. The summed E-state index contributed by atoms with van der Waals surface area (Å²) in [5.74, 6) is 0.941. The van der Waals surface area contributed by atoms with E-state index < -0.39 is 5.41 Å². The van der Waals surface area contributed by atoms with Gasteiger partial charge in [-0.05, 0) is 43.4 Å². The van der Waals surface area contributed by atoms with Gasteiger partial charge in [0.1, 0.15) is 0 Å². The number of carbonyl (C=O) groups is 1. The van der Waals surface area contributed by atoms with Crippen molar-refractivity contribution in [1.82, 2.24) is 10.2 Å². The third-order valence-electron chi connectivity index (χ3n) is 5.66. The Balaban J connectivity index is 2.03. The van der Waals surface area contributed by atoms with Gasteiger partial charge in [-0.3, -0.25) is 9.89 Å². The maximum Gasteiger partial charge on any atom is 0.162 e. The van der Waals surface area contributed by atoms with Gasteiger partial charge < -0.3 is 5.32 Å². The minimum absolute atomic E-state index is 0.0822. The van der Waals surface area contributed by atoms with E-state index in [0.717, 1.165) is 40.3 Å². The molecule has 0 bridgehead atoms. The Bertz CT molecular complexity index is 1010. The molecule has 1 aromatic heterocycles. The number of fused-ring (bicyclic) bond motifs is 1. The van der Waals surface area contributed by atoms with Crippen molar-refractivity contribution in [3.8, 4) is 6.07 Å². The van der Waals surface area contributed by atoms with Gasteiger partial charge in [0, 0.05) is 28.9 Å². The van der Waals surface area contributed by atoms with Crippen LogP contribution in [0.5, 0.6) is 0 Å². The molecular weight excluding hydrogens is 324 g/mol. The number of nitrogens with zero attached hydrogens (tertiary/aromatic N) is 2. The van der Waals surface area contributed by atoms with Crippen molar-refractivity contribution >= 4 is 11.6 Å². The van der Waals surface area contributed by atoms with Crippen LogP contribution in [-0.2, 0) is 10.2 Å². The fraction of sp³-hybridized carbons (Fsp3) is 0.381. The molecule has 0 fully saturated rings. The minimum atomic E-state index is -0.632. The maximum absolute atomic E-state index is 13.2. The summed E-state index contributed by atoms with van der Waals surface area (Å²) in [6, 6.07) is 9.77. The van der Waals surface area contributed by atoms with Crippen molar-refractivity contribution in [3.05, 3.63) is 57.9 Å². The summed E-state index contributed by atoms with van der Waals surface area (Å²) in [7, 11) is 0. The number of nitrogens with one attached hydrogen (secondary N) is 2. The number of aromatic nitrogens is 2. The molecule has 4 rings (SSSR count). The normalized spacial score (nSPS) is 23.7. The van der Waals surface area contributed by atoms with Crippen molar-refractivity contribution in [2.45, 2.75) is 46.0 Å². The van der Waals surface area contributed by atoms with E-state index in [1.165, 1.54) is 0 Å². The summed E-state index contributed by atoms with van der Waals surface area (Å²) in [5.41, 5.74) is 4.51. The van der Waals surface area contributed by atoms with Gasteiger partial charge in [-0.1, -0.05) is 26.0 Å². The highest BCUT2D eigenvalue weighted by molar-refractivity contribution is 6.02. The molecule has 26 heavy (non-hydrogen) atoms. The number of allylic oxidation sites excluding steroid dienone is 2. The number of benzene rings is 1. The zero-order valence-electron chi connectivity index (χ0n) is 15.5. The third kappa shape index (κ3) is 2.22. The molecule has 5 heteroatoms. The minimum Gasteiger partial charge on any atom is -0.342 e. The summed E-state index contributed by atoms with van der Waals surface area (Å²) in [5, 5.41) is 20.3. The van der Waals surface area contributed by atoms with E-state index in [0.29, 0.717) is 12.0 Å². The quantitative estimate of drug-likeness (QED) is 0.819. The number of carbonyl (C=O) groups excluding carboxylic acids is 1. The van der Waals surface area contributed by atoms with Gasteiger partial charge >= 0.3 is 0 Å². The van der Waals surface area contributed by atoms with E-state index in [4.69, 9.17) is 0 Å². The zero-order valence-corrected chi connectivity index (χ0v) is 15.5. The number of Topliss-reactive ketones (excluding diaryl/α,β-unsaturated/α-hetero) is 1. The number of rotatable bonds is 1. The molecule has 132 valence electrons. The van der Waals surface area contributed by atoms with Gasteiger partial charge in [-0.2, -0.15) is 10.4 Å².